The Labute approximate surface area is 140 Å². The zero-order valence-corrected chi connectivity index (χ0v) is 13.0. The third-order valence-electron chi connectivity index (χ3n) is 3.54. The molecule has 3 aromatic rings. The van der Waals surface area contributed by atoms with Crippen LogP contribution in [0.5, 0.6) is 0 Å². The number of benzene rings is 1. The van der Waals surface area contributed by atoms with Gasteiger partial charge in [-0.3, -0.25) is 0 Å². The van der Waals surface area contributed by atoms with Crippen LogP contribution in [0.2, 0.25) is 0 Å². The van der Waals surface area contributed by atoms with Gasteiger partial charge in [-0.2, -0.15) is 13.2 Å². The lowest BCUT2D eigenvalue weighted by molar-refractivity contribution is -0.141. The topological polar surface area (TPSA) is 55.6 Å². The molecule has 9 heteroatoms. The van der Waals surface area contributed by atoms with Crippen molar-refractivity contribution in [3.63, 3.8) is 0 Å². The van der Waals surface area contributed by atoms with Crippen molar-refractivity contribution in [2.75, 3.05) is 5.32 Å². The molecule has 0 unspecified atom stereocenters. The Morgan fingerprint density at radius 1 is 1.04 bits per heavy atom. The first-order chi connectivity index (χ1) is 11.8. The van der Waals surface area contributed by atoms with Crippen LogP contribution < -0.4 is 5.32 Å². The molecule has 2 heterocycles. The van der Waals surface area contributed by atoms with Gasteiger partial charge in [0.1, 0.15) is 23.4 Å². The molecular weight excluding hydrogens is 338 g/mol. The van der Waals surface area contributed by atoms with Gasteiger partial charge < -0.3 is 9.88 Å². The molecule has 0 amide bonds. The number of alkyl halides is 3. The quantitative estimate of drug-likeness (QED) is 0.730. The molecule has 0 spiro atoms. The average Bonchev–Trinajstić information content (AvgIpc) is 2.99. The maximum atomic E-state index is 13.2. The first-order valence-corrected chi connectivity index (χ1v) is 7.24. The molecule has 2 aromatic heterocycles. The Balaban J connectivity index is 1.99. The predicted octanol–water partition coefficient (Wildman–Crippen LogP) is 3.57. The molecule has 130 valence electrons. The van der Waals surface area contributed by atoms with Gasteiger partial charge >= 0.3 is 6.18 Å². The largest absolute Gasteiger partial charge is 0.433 e. The molecule has 0 bridgehead atoms. The molecule has 3 rings (SSSR count). The van der Waals surface area contributed by atoms with Gasteiger partial charge in [0.25, 0.3) is 0 Å². The third-order valence-corrected chi connectivity index (χ3v) is 3.54. The highest BCUT2D eigenvalue weighted by molar-refractivity contribution is 5.37. The van der Waals surface area contributed by atoms with Crippen LogP contribution in [0.3, 0.4) is 0 Å². The lowest BCUT2D eigenvalue weighted by Gasteiger charge is -2.19. The molecule has 1 N–H and O–H groups in total. The normalized spacial score (nSPS) is 12.8. The van der Waals surface area contributed by atoms with Crippen LogP contribution in [0.25, 0.3) is 0 Å². The van der Waals surface area contributed by atoms with Gasteiger partial charge in [-0.05, 0) is 23.8 Å². The van der Waals surface area contributed by atoms with E-state index in [4.69, 9.17) is 0 Å². The summed E-state index contributed by atoms with van der Waals surface area (Å²) in [4.78, 5) is 11.6. The first kappa shape index (κ1) is 16.9. The number of aryl methyl sites for hydroxylation is 1. The van der Waals surface area contributed by atoms with E-state index in [0.29, 0.717) is 11.4 Å². The minimum Gasteiger partial charge on any atom is -0.340 e. The van der Waals surface area contributed by atoms with E-state index in [1.54, 1.807) is 24.0 Å². The van der Waals surface area contributed by atoms with Crippen LogP contribution in [-0.2, 0) is 13.2 Å². The summed E-state index contributed by atoms with van der Waals surface area (Å²) in [5.74, 6) is -0.0996. The highest BCUT2D eigenvalue weighted by Gasteiger charge is 2.33. The van der Waals surface area contributed by atoms with Crippen LogP contribution in [0, 0.1) is 5.82 Å². The van der Waals surface area contributed by atoms with E-state index in [9.17, 15) is 17.6 Å². The molecule has 1 aromatic carbocycles. The molecule has 25 heavy (non-hydrogen) atoms. The summed E-state index contributed by atoms with van der Waals surface area (Å²) in [5, 5.41) is 2.84. The fourth-order valence-electron chi connectivity index (χ4n) is 2.32. The summed E-state index contributed by atoms with van der Waals surface area (Å²) in [5.41, 5.74) is -0.445. The van der Waals surface area contributed by atoms with E-state index in [0.717, 1.165) is 12.3 Å². The lowest BCUT2D eigenvalue weighted by atomic mass is 10.1. The predicted molar refractivity (Wildman–Crippen MR) is 82.1 cm³/mol. The van der Waals surface area contributed by atoms with Crippen molar-refractivity contribution in [1.29, 1.82) is 0 Å². The molecule has 5 nitrogen and oxygen atoms in total. The Kier molecular flexibility index (Phi) is 4.39. The summed E-state index contributed by atoms with van der Waals surface area (Å²) in [6, 6.07) is 5.72. The zero-order chi connectivity index (χ0) is 18.0. The molecule has 0 fully saturated rings. The Morgan fingerprint density at radius 2 is 1.76 bits per heavy atom. The number of aromatic nitrogens is 4. The Morgan fingerprint density at radius 3 is 2.36 bits per heavy atom. The number of halogens is 4. The van der Waals surface area contributed by atoms with E-state index >= 15 is 0 Å². The summed E-state index contributed by atoms with van der Waals surface area (Å²) < 4.78 is 53.4. The van der Waals surface area contributed by atoms with E-state index < -0.39 is 23.7 Å². The number of hydrogen-bond acceptors (Lipinski definition) is 4. The molecule has 0 saturated carbocycles. The molecule has 0 aliphatic carbocycles. The van der Waals surface area contributed by atoms with Gasteiger partial charge in [-0.1, -0.05) is 12.1 Å². The lowest BCUT2D eigenvalue weighted by Crippen LogP contribution is -2.19. The van der Waals surface area contributed by atoms with E-state index in [2.05, 4.69) is 20.3 Å². The highest BCUT2D eigenvalue weighted by Crippen LogP contribution is 2.29. The van der Waals surface area contributed by atoms with Gasteiger partial charge in [0, 0.05) is 25.6 Å². The highest BCUT2D eigenvalue weighted by atomic mass is 19.4. The fourth-order valence-corrected chi connectivity index (χ4v) is 2.32. The van der Waals surface area contributed by atoms with Crippen molar-refractivity contribution in [3.05, 3.63) is 71.8 Å². The molecule has 0 radical (unpaired) electrons. The van der Waals surface area contributed by atoms with Gasteiger partial charge in [-0.15, -0.1) is 0 Å². The second-order valence-corrected chi connectivity index (χ2v) is 5.29. The van der Waals surface area contributed by atoms with E-state index in [-0.39, 0.29) is 5.95 Å². The van der Waals surface area contributed by atoms with Gasteiger partial charge in [0.2, 0.25) is 5.95 Å². The van der Waals surface area contributed by atoms with Crippen LogP contribution in [0.15, 0.2) is 48.9 Å². The van der Waals surface area contributed by atoms with Crippen LogP contribution in [-0.4, -0.2) is 19.5 Å². The number of nitrogens with one attached hydrogen (secondary N) is 1. The maximum absolute atomic E-state index is 13.2. The Hall–Kier alpha value is -2.97. The minimum absolute atomic E-state index is 0.202. The first-order valence-electron chi connectivity index (χ1n) is 7.24. The van der Waals surface area contributed by atoms with Crippen LogP contribution in [0.4, 0.5) is 23.5 Å². The number of anilines is 1. The molecule has 0 saturated heterocycles. The van der Waals surface area contributed by atoms with E-state index in [1.807, 2.05) is 0 Å². The van der Waals surface area contributed by atoms with Gasteiger partial charge in [0.05, 0.1) is 0 Å². The number of rotatable bonds is 4. The second-order valence-electron chi connectivity index (χ2n) is 5.29. The van der Waals surface area contributed by atoms with Gasteiger partial charge in [0.15, 0.2) is 0 Å². The summed E-state index contributed by atoms with van der Waals surface area (Å²) in [6.45, 7) is 0. The van der Waals surface area contributed by atoms with Gasteiger partial charge in [-0.25, -0.2) is 19.3 Å². The SMILES string of the molecule is Cn1ccnc1[C@@H](Nc1nccc(C(F)(F)F)n1)c1ccc(F)cc1. The van der Waals surface area contributed by atoms with Crippen molar-refractivity contribution < 1.29 is 17.6 Å². The molecule has 0 aliphatic heterocycles. The molecule has 1 atom stereocenters. The fraction of sp³-hybridized carbons (Fsp3) is 0.188. The summed E-state index contributed by atoms with van der Waals surface area (Å²) >= 11 is 0. The van der Waals surface area contributed by atoms with Crippen molar-refractivity contribution in [2.24, 2.45) is 7.05 Å². The Bertz CT molecular complexity index is 857. The monoisotopic (exact) mass is 351 g/mol. The number of imidazole rings is 1. The number of nitrogens with zero attached hydrogens (tertiary/aromatic N) is 4. The van der Waals surface area contributed by atoms with Crippen molar-refractivity contribution in [1.82, 2.24) is 19.5 Å². The second kappa shape index (κ2) is 6.50. The smallest absolute Gasteiger partial charge is 0.340 e. The number of hydrogen-bond donors (Lipinski definition) is 1. The summed E-state index contributed by atoms with van der Waals surface area (Å²) in [7, 11) is 1.74. The van der Waals surface area contributed by atoms with Crippen molar-refractivity contribution in [2.45, 2.75) is 12.2 Å². The maximum Gasteiger partial charge on any atom is 0.433 e. The standard InChI is InChI=1S/C16H13F4N5/c1-25-9-8-21-14(25)13(10-2-4-11(17)5-3-10)24-15-22-7-6-12(23-15)16(18,19)20/h2-9,13H,1H3,(H,22,23,24)/t13-/m0/s1. The van der Waals surface area contributed by atoms with Crippen molar-refractivity contribution in [3.8, 4) is 0 Å². The molecule has 0 aliphatic rings. The van der Waals surface area contributed by atoms with Crippen LogP contribution >= 0.6 is 0 Å². The minimum atomic E-state index is -4.58. The van der Waals surface area contributed by atoms with Crippen molar-refractivity contribution >= 4 is 5.95 Å². The zero-order valence-electron chi connectivity index (χ0n) is 13.0. The third kappa shape index (κ3) is 3.76. The summed E-state index contributed by atoms with van der Waals surface area (Å²) in [6.07, 6.45) is -0.298. The molecular formula is C16H13F4N5. The average molecular weight is 351 g/mol. The van der Waals surface area contributed by atoms with E-state index in [1.165, 1.54) is 24.3 Å². The van der Waals surface area contributed by atoms with Crippen LogP contribution in [0.1, 0.15) is 23.1 Å².